The summed E-state index contributed by atoms with van der Waals surface area (Å²) >= 11 is 0. The first-order chi connectivity index (χ1) is 9.05. The van der Waals surface area contributed by atoms with E-state index in [4.69, 9.17) is 4.74 Å². The molecule has 0 bridgehead atoms. The number of fused-ring (bicyclic) bond motifs is 1. The number of sulfone groups is 1. The van der Waals surface area contributed by atoms with Gasteiger partial charge in [0.15, 0.2) is 9.84 Å². The van der Waals surface area contributed by atoms with Crippen LogP contribution in [0.25, 0.3) is 0 Å². The highest BCUT2D eigenvalue weighted by Crippen LogP contribution is 2.44. The Kier molecular flexibility index (Phi) is 2.96. The van der Waals surface area contributed by atoms with Crippen LogP contribution in [0.2, 0.25) is 0 Å². The van der Waals surface area contributed by atoms with Crippen molar-refractivity contribution >= 4 is 15.5 Å². The lowest BCUT2D eigenvalue weighted by Gasteiger charge is -2.26. The SMILES string of the molecule is COc1ccc2c(c1)S(=O)(=O)CC1(CCCC1)CN2. The van der Waals surface area contributed by atoms with Crippen LogP contribution in [0, 0.1) is 5.41 Å². The van der Waals surface area contributed by atoms with Crippen LogP contribution in [0.1, 0.15) is 25.7 Å². The normalized spacial score (nSPS) is 23.4. The predicted octanol–water partition coefficient (Wildman–Crippen LogP) is 2.45. The van der Waals surface area contributed by atoms with Crippen LogP contribution in [0.15, 0.2) is 23.1 Å². The number of anilines is 1. The second kappa shape index (κ2) is 4.40. The van der Waals surface area contributed by atoms with Gasteiger partial charge in [-0.25, -0.2) is 8.42 Å². The first-order valence-electron chi connectivity index (χ1n) is 6.69. The monoisotopic (exact) mass is 281 g/mol. The molecular weight excluding hydrogens is 262 g/mol. The first-order valence-corrected chi connectivity index (χ1v) is 8.35. The Bertz CT molecular complexity index is 589. The molecule has 1 spiro atoms. The quantitative estimate of drug-likeness (QED) is 0.859. The van der Waals surface area contributed by atoms with Gasteiger partial charge in [-0.2, -0.15) is 0 Å². The molecule has 2 aliphatic rings. The highest BCUT2D eigenvalue weighted by molar-refractivity contribution is 7.91. The zero-order valence-electron chi connectivity index (χ0n) is 11.1. The summed E-state index contributed by atoms with van der Waals surface area (Å²) in [5, 5.41) is 3.33. The molecular formula is C14H19NO3S. The van der Waals surface area contributed by atoms with Crippen molar-refractivity contribution in [2.24, 2.45) is 5.41 Å². The van der Waals surface area contributed by atoms with Crippen molar-refractivity contribution in [2.75, 3.05) is 24.7 Å². The van der Waals surface area contributed by atoms with E-state index in [1.165, 1.54) is 0 Å². The molecule has 104 valence electrons. The summed E-state index contributed by atoms with van der Waals surface area (Å²) < 4.78 is 30.4. The standard InChI is InChI=1S/C14H19NO3S/c1-18-11-4-5-12-13(8-11)19(16,17)10-14(9-15-12)6-2-3-7-14/h4-5,8,15H,2-3,6-7,9-10H2,1H3. The van der Waals surface area contributed by atoms with Gasteiger partial charge < -0.3 is 10.1 Å². The summed E-state index contributed by atoms with van der Waals surface area (Å²) in [4.78, 5) is 0.385. The molecule has 0 atom stereocenters. The maximum atomic E-state index is 12.6. The fourth-order valence-corrected chi connectivity index (χ4v) is 5.42. The Morgan fingerprint density at radius 2 is 2.00 bits per heavy atom. The van der Waals surface area contributed by atoms with E-state index in [1.807, 2.05) is 0 Å². The molecule has 1 N–H and O–H groups in total. The van der Waals surface area contributed by atoms with E-state index in [2.05, 4.69) is 5.32 Å². The lowest BCUT2D eigenvalue weighted by atomic mass is 9.88. The fraction of sp³-hybridized carbons (Fsp3) is 0.571. The predicted molar refractivity (Wildman–Crippen MR) is 74.4 cm³/mol. The third-order valence-electron chi connectivity index (χ3n) is 4.34. The topological polar surface area (TPSA) is 55.4 Å². The van der Waals surface area contributed by atoms with Crippen molar-refractivity contribution in [3.63, 3.8) is 0 Å². The zero-order chi connectivity index (χ0) is 13.5. The average Bonchev–Trinajstić information content (AvgIpc) is 2.80. The summed E-state index contributed by atoms with van der Waals surface area (Å²) in [5.41, 5.74) is 0.634. The molecule has 1 aliphatic heterocycles. The third-order valence-corrected chi connectivity index (χ3v) is 6.34. The molecule has 0 radical (unpaired) electrons. The Labute approximate surface area is 114 Å². The highest BCUT2D eigenvalue weighted by atomic mass is 32.2. The average molecular weight is 281 g/mol. The number of ether oxygens (including phenoxy) is 1. The van der Waals surface area contributed by atoms with Gasteiger partial charge in [0.2, 0.25) is 0 Å². The smallest absolute Gasteiger partial charge is 0.181 e. The molecule has 1 aliphatic carbocycles. The molecule has 4 nitrogen and oxygen atoms in total. The Balaban J connectivity index is 2.06. The summed E-state index contributed by atoms with van der Waals surface area (Å²) in [6.07, 6.45) is 4.28. The molecule has 19 heavy (non-hydrogen) atoms. The van der Waals surface area contributed by atoms with Gasteiger partial charge >= 0.3 is 0 Å². The minimum absolute atomic E-state index is 0.0783. The highest BCUT2D eigenvalue weighted by Gasteiger charge is 2.41. The van der Waals surface area contributed by atoms with Crippen LogP contribution in [0.4, 0.5) is 5.69 Å². The number of benzene rings is 1. The van der Waals surface area contributed by atoms with Crippen molar-refractivity contribution in [3.05, 3.63) is 18.2 Å². The number of hydrogen-bond acceptors (Lipinski definition) is 4. The van der Waals surface area contributed by atoms with Gasteiger partial charge in [-0.1, -0.05) is 12.8 Å². The van der Waals surface area contributed by atoms with Gasteiger partial charge in [-0.3, -0.25) is 0 Å². The summed E-state index contributed by atoms with van der Waals surface area (Å²) in [5.74, 6) is 0.846. The molecule has 0 amide bonds. The maximum absolute atomic E-state index is 12.6. The first kappa shape index (κ1) is 12.8. The Hall–Kier alpha value is -1.23. The van der Waals surface area contributed by atoms with E-state index in [9.17, 15) is 8.42 Å². The molecule has 1 heterocycles. The molecule has 5 heteroatoms. The Morgan fingerprint density at radius 1 is 1.26 bits per heavy atom. The molecule has 0 unspecified atom stereocenters. The van der Waals surface area contributed by atoms with Crippen molar-refractivity contribution in [3.8, 4) is 5.75 Å². The van der Waals surface area contributed by atoms with Crippen LogP contribution < -0.4 is 10.1 Å². The minimum atomic E-state index is -3.25. The maximum Gasteiger partial charge on any atom is 0.181 e. The van der Waals surface area contributed by atoms with E-state index in [0.717, 1.165) is 32.2 Å². The van der Waals surface area contributed by atoms with E-state index < -0.39 is 9.84 Å². The molecule has 1 saturated carbocycles. The van der Waals surface area contributed by atoms with Crippen molar-refractivity contribution in [1.82, 2.24) is 0 Å². The number of hydrogen-bond donors (Lipinski definition) is 1. The van der Waals surface area contributed by atoms with Gasteiger partial charge in [0.1, 0.15) is 5.75 Å². The lowest BCUT2D eigenvalue weighted by Crippen LogP contribution is -2.31. The van der Waals surface area contributed by atoms with E-state index in [-0.39, 0.29) is 11.2 Å². The van der Waals surface area contributed by atoms with Crippen molar-refractivity contribution < 1.29 is 13.2 Å². The molecule has 0 saturated heterocycles. The molecule has 1 aromatic rings. The number of rotatable bonds is 1. The molecule has 1 aromatic carbocycles. The van der Waals surface area contributed by atoms with Crippen molar-refractivity contribution in [2.45, 2.75) is 30.6 Å². The third kappa shape index (κ3) is 2.20. The minimum Gasteiger partial charge on any atom is -0.497 e. The lowest BCUT2D eigenvalue weighted by molar-refractivity contribution is 0.365. The second-order valence-corrected chi connectivity index (χ2v) is 7.64. The van der Waals surface area contributed by atoms with Crippen molar-refractivity contribution in [1.29, 1.82) is 0 Å². The van der Waals surface area contributed by atoms with Crippen LogP contribution in [0.5, 0.6) is 5.75 Å². The second-order valence-electron chi connectivity index (χ2n) is 5.68. The van der Waals surface area contributed by atoms with Gasteiger partial charge in [-0.15, -0.1) is 0 Å². The molecule has 1 fully saturated rings. The van der Waals surface area contributed by atoms with E-state index >= 15 is 0 Å². The van der Waals surface area contributed by atoms with Gasteiger partial charge in [0.05, 0.1) is 23.4 Å². The number of nitrogens with one attached hydrogen (secondary N) is 1. The van der Waals surface area contributed by atoms with Crippen LogP contribution >= 0.6 is 0 Å². The largest absolute Gasteiger partial charge is 0.497 e. The fourth-order valence-electron chi connectivity index (χ4n) is 3.29. The number of methoxy groups -OCH3 is 1. The Morgan fingerprint density at radius 3 is 2.68 bits per heavy atom. The van der Waals surface area contributed by atoms with Gasteiger partial charge in [-0.05, 0) is 25.0 Å². The summed E-state index contributed by atoms with van der Waals surface area (Å²) in [6, 6.07) is 5.24. The van der Waals surface area contributed by atoms with Crippen LogP contribution in [-0.4, -0.2) is 27.8 Å². The van der Waals surface area contributed by atoms with Crippen LogP contribution in [0.3, 0.4) is 0 Å². The van der Waals surface area contributed by atoms with E-state index in [1.54, 1.807) is 25.3 Å². The van der Waals surface area contributed by atoms with Gasteiger partial charge in [0, 0.05) is 18.0 Å². The van der Waals surface area contributed by atoms with E-state index in [0.29, 0.717) is 16.3 Å². The van der Waals surface area contributed by atoms with Crippen LogP contribution in [-0.2, 0) is 9.84 Å². The zero-order valence-corrected chi connectivity index (χ0v) is 11.9. The summed E-state index contributed by atoms with van der Waals surface area (Å²) in [7, 11) is -1.69. The molecule has 3 rings (SSSR count). The molecule has 0 aromatic heterocycles. The summed E-state index contributed by atoms with van der Waals surface area (Å²) in [6.45, 7) is 0.756. The van der Waals surface area contributed by atoms with Gasteiger partial charge in [0.25, 0.3) is 0 Å².